The minimum absolute atomic E-state index is 0.178. The maximum atomic E-state index is 11.9. The van der Waals surface area contributed by atoms with Crippen molar-refractivity contribution in [3.8, 4) is 11.5 Å². The third kappa shape index (κ3) is 6.37. The van der Waals surface area contributed by atoms with Crippen LogP contribution in [-0.2, 0) is 6.42 Å². The molecule has 2 amide bonds. The molecule has 0 bridgehead atoms. The molecule has 5 heteroatoms. The Morgan fingerprint density at radius 2 is 1.80 bits per heavy atom. The predicted molar refractivity (Wildman–Crippen MR) is 101 cm³/mol. The van der Waals surface area contributed by atoms with Crippen molar-refractivity contribution in [2.45, 2.75) is 32.8 Å². The van der Waals surface area contributed by atoms with Crippen molar-refractivity contribution < 1.29 is 14.3 Å². The lowest BCUT2D eigenvalue weighted by Gasteiger charge is -2.11. The molecular formula is C20H26N2O3. The van der Waals surface area contributed by atoms with Crippen molar-refractivity contribution in [2.24, 2.45) is 0 Å². The van der Waals surface area contributed by atoms with Crippen molar-refractivity contribution in [1.29, 1.82) is 0 Å². The van der Waals surface area contributed by atoms with Gasteiger partial charge in [0, 0.05) is 6.54 Å². The standard InChI is InChI=1S/C20H26N2O3/c1-15(2)25-17-12-10-16(11-13-17)7-6-14-21-20(23)22-18-8-4-5-9-19(18)24-3/h4-5,8-13,15H,6-7,14H2,1-3H3,(H2,21,22,23). The zero-order valence-electron chi connectivity index (χ0n) is 15.0. The van der Waals surface area contributed by atoms with Gasteiger partial charge >= 0.3 is 6.03 Å². The Bertz CT molecular complexity index is 669. The summed E-state index contributed by atoms with van der Waals surface area (Å²) in [5, 5.41) is 5.65. The molecule has 2 N–H and O–H groups in total. The fourth-order valence-corrected chi connectivity index (χ4v) is 2.42. The minimum Gasteiger partial charge on any atom is -0.495 e. The fourth-order valence-electron chi connectivity index (χ4n) is 2.42. The number of benzene rings is 2. The molecule has 0 heterocycles. The van der Waals surface area contributed by atoms with Crippen molar-refractivity contribution in [1.82, 2.24) is 5.32 Å². The zero-order chi connectivity index (χ0) is 18.1. The zero-order valence-corrected chi connectivity index (χ0v) is 15.0. The molecule has 0 aromatic heterocycles. The van der Waals surface area contributed by atoms with E-state index < -0.39 is 0 Å². The van der Waals surface area contributed by atoms with Gasteiger partial charge in [0.25, 0.3) is 0 Å². The highest BCUT2D eigenvalue weighted by Gasteiger charge is 2.06. The largest absolute Gasteiger partial charge is 0.495 e. The molecule has 0 unspecified atom stereocenters. The van der Waals surface area contributed by atoms with Gasteiger partial charge in [0.1, 0.15) is 11.5 Å². The Balaban J connectivity index is 1.71. The summed E-state index contributed by atoms with van der Waals surface area (Å²) >= 11 is 0. The molecule has 2 aromatic rings. The van der Waals surface area contributed by atoms with Crippen LogP contribution in [0.5, 0.6) is 11.5 Å². The lowest BCUT2D eigenvalue weighted by molar-refractivity contribution is 0.242. The van der Waals surface area contributed by atoms with Crippen LogP contribution >= 0.6 is 0 Å². The molecule has 134 valence electrons. The number of carbonyl (C=O) groups excluding carboxylic acids is 1. The molecule has 2 aromatic carbocycles. The highest BCUT2D eigenvalue weighted by atomic mass is 16.5. The van der Waals surface area contributed by atoms with Crippen LogP contribution in [0, 0.1) is 0 Å². The molecule has 0 aliphatic heterocycles. The number of aryl methyl sites for hydroxylation is 1. The maximum absolute atomic E-state index is 11.9. The average Bonchev–Trinajstić information content (AvgIpc) is 2.60. The second kappa shape index (κ2) is 9.57. The molecule has 0 aliphatic carbocycles. The van der Waals surface area contributed by atoms with Crippen LogP contribution in [0.25, 0.3) is 0 Å². The first-order chi connectivity index (χ1) is 12.1. The molecule has 0 aliphatic rings. The van der Waals surface area contributed by atoms with Crippen LogP contribution < -0.4 is 20.1 Å². The van der Waals surface area contributed by atoms with Gasteiger partial charge in [0.05, 0.1) is 18.9 Å². The SMILES string of the molecule is COc1ccccc1NC(=O)NCCCc1ccc(OC(C)C)cc1. The summed E-state index contributed by atoms with van der Waals surface area (Å²) in [5.41, 5.74) is 1.88. The number of carbonyl (C=O) groups is 1. The molecule has 0 radical (unpaired) electrons. The van der Waals surface area contributed by atoms with Gasteiger partial charge in [-0.05, 0) is 56.5 Å². The minimum atomic E-state index is -0.231. The molecule has 0 spiro atoms. The van der Waals surface area contributed by atoms with Crippen molar-refractivity contribution in [2.75, 3.05) is 19.0 Å². The number of urea groups is 1. The number of hydrogen-bond acceptors (Lipinski definition) is 3. The van der Waals surface area contributed by atoms with Crippen LogP contribution in [0.15, 0.2) is 48.5 Å². The molecule has 0 fully saturated rings. The first-order valence-electron chi connectivity index (χ1n) is 8.52. The van der Waals surface area contributed by atoms with Crippen molar-refractivity contribution >= 4 is 11.7 Å². The lowest BCUT2D eigenvalue weighted by Crippen LogP contribution is -2.29. The molecule has 0 atom stereocenters. The monoisotopic (exact) mass is 342 g/mol. The Kier molecular flexibility index (Phi) is 7.14. The Morgan fingerprint density at radius 3 is 2.48 bits per heavy atom. The van der Waals surface area contributed by atoms with E-state index in [4.69, 9.17) is 9.47 Å². The molecular weight excluding hydrogens is 316 g/mol. The second-order valence-electron chi connectivity index (χ2n) is 6.00. The van der Waals surface area contributed by atoms with E-state index in [1.807, 2.05) is 44.2 Å². The lowest BCUT2D eigenvalue weighted by atomic mass is 10.1. The highest BCUT2D eigenvalue weighted by Crippen LogP contribution is 2.22. The summed E-state index contributed by atoms with van der Waals surface area (Å²) in [5.74, 6) is 1.52. The van der Waals surface area contributed by atoms with Gasteiger partial charge in [-0.15, -0.1) is 0 Å². The van der Waals surface area contributed by atoms with E-state index in [1.165, 1.54) is 5.56 Å². The Morgan fingerprint density at radius 1 is 1.08 bits per heavy atom. The third-order valence-electron chi connectivity index (χ3n) is 3.58. The van der Waals surface area contributed by atoms with Gasteiger partial charge in [0.2, 0.25) is 0 Å². The number of hydrogen-bond donors (Lipinski definition) is 2. The Hall–Kier alpha value is -2.69. The quantitative estimate of drug-likeness (QED) is 0.706. The summed E-state index contributed by atoms with van der Waals surface area (Å²) in [7, 11) is 1.58. The number of methoxy groups -OCH3 is 1. The first-order valence-corrected chi connectivity index (χ1v) is 8.52. The van der Waals surface area contributed by atoms with Crippen LogP contribution in [0.2, 0.25) is 0 Å². The first kappa shape index (κ1) is 18.6. The highest BCUT2D eigenvalue weighted by molar-refractivity contribution is 5.90. The molecule has 0 saturated carbocycles. The van der Waals surface area contributed by atoms with E-state index in [2.05, 4.69) is 22.8 Å². The van der Waals surface area contributed by atoms with E-state index in [-0.39, 0.29) is 12.1 Å². The number of nitrogens with one attached hydrogen (secondary N) is 2. The maximum Gasteiger partial charge on any atom is 0.319 e. The van der Waals surface area contributed by atoms with E-state index in [0.717, 1.165) is 18.6 Å². The molecule has 25 heavy (non-hydrogen) atoms. The van der Waals surface area contributed by atoms with Crippen molar-refractivity contribution in [3.05, 3.63) is 54.1 Å². The summed E-state index contributed by atoms with van der Waals surface area (Å²) in [6, 6.07) is 15.2. The van der Waals surface area contributed by atoms with Crippen LogP contribution in [-0.4, -0.2) is 25.8 Å². The number of para-hydroxylation sites is 2. The van der Waals surface area contributed by atoms with Crippen molar-refractivity contribution in [3.63, 3.8) is 0 Å². The number of ether oxygens (including phenoxy) is 2. The number of anilines is 1. The van der Waals surface area contributed by atoms with E-state index in [1.54, 1.807) is 13.2 Å². The smallest absolute Gasteiger partial charge is 0.319 e. The van der Waals surface area contributed by atoms with Gasteiger partial charge in [-0.25, -0.2) is 4.79 Å². The normalized spacial score (nSPS) is 10.4. The van der Waals surface area contributed by atoms with E-state index in [9.17, 15) is 4.79 Å². The number of rotatable bonds is 8. The molecule has 0 saturated heterocycles. The summed E-state index contributed by atoms with van der Waals surface area (Å²) in [6.07, 6.45) is 1.94. The van der Waals surface area contributed by atoms with E-state index >= 15 is 0 Å². The topological polar surface area (TPSA) is 59.6 Å². The Labute approximate surface area is 149 Å². The summed E-state index contributed by atoms with van der Waals surface area (Å²) in [6.45, 7) is 4.62. The summed E-state index contributed by atoms with van der Waals surface area (Å²) < 4.78 is 10.8. The van der Waals surface area contributed by atoms with Crippen LogP contribution in [0.4, 0.5) is 10.5 Å². The second-order valence-corrected chi connectivity index (χ2v) is 6.00. The van der Waals surface area contributed by atoms with Crippen LogP contribution in [0.1, 0.15) is 25.8 Å². The number of amides is 2. The van der Waals surface area contributed by atoms with Gasteiger partial charge < -0.3 is 20.1 Å². The molecule has 5 nitrogen and oxygen atoms in total. The van der Waals surface area contributed by atoms with Gasteiger partial charge in [-0.2, -0.15) is 0 Å². The third-order valence-corrected chi connectivity index (χ3v) is 3.58. The predicted octanol–water partition coefficient (Wildman–Crippen LogP) is 4.24. The summed E-state index contributed by atoms with van der Waals surface area (Å²) in [4.78, 5) is 11.9. The fraction of sp³-hybridized carbons (Fsp3) is 0.350. The van der Waals surface area contributed by atoms with Crippen LogP contribution in [0.3, 0.4) is 0 Å². The van der Waals surface area contributed by atoms with Gasteiger partial charge in [-0.1, -0.05) is 24.3 Å². The molecule has 2 rings (SSSR count). The van der Waals surface area contributed by atoms with Gasteiger partial charge in [-0.3, -0.25) is 0 Å². The van der Waals surface area contributed by atoms with E-state index in [0.29, 0.717) is 18.0 Å². The average molecular weight is 342 g/mol. The van der Waals surface area contributed by atoms with Gasteiger partial charge in [0.15, 0.2) is 0 Å².